The van der Waals surface area contributed by atoms with Gasteiger partial charge in [-0.3, -0.25) is 4.79 Å². The maximum Gasteiger partial charge on any atom is 0.419 e. The van der Waals surface area contributed by atoms with E-state index < -0.39 is 23.5 Å². The van der Waals surface area contributed by atoms with E-state index in [0.717, 1.165) is 11.6 Å². The average molecular weight is 392 g/mol. The molecule has 1 aromatic heterocycles. The lowest BCUT2D eigenvalue weighted by Gasteiger charge is -2.10. The van der Waals surface area contributed by atoms with Crippen molar-refractivity contribution in [2.45, 2.75) is 19.5 Å². The summed E-state index contributed by atoms with van der Waals surface area (Å²) < 4.78 is 57.2. The Kier molecular flexibility index (Phi) is 5.48. The van der Waals surface area contributed by atoms with Gasteiger partial charge in [-0.2, -0.15) is 13.2 Å². The number of carbonyl (C=O) groups excluding carboxylic acids is 1. The number of hydrogen-bond donors (Lipinski definition) is 1. The van der Waals surface area contributed by atoms with Crippen molar-refractivity contribution < 1.29 is 26.8 Å². The van der Waals surface area contributed by atoms with Crippen LogP contribution in [0, 0.1) is 12.7 Å². The largest absolute Gasteiger partial charge is 0.441 e. The normalized spacial score (nSPS) is 11.5. The van der Waals surface area contributed by atoms with Crippen LogP contribution in [-0.2, 0) is 12.6 Å². The molecular formula is C20H16F4N2O2. The minimum atomic E-state index is -4.87. The number of amides is 1. The average Bonchev–Trinajstić information content (AvgIpc) is 3.02. The second kappa shape index (κ2) is 7.84. The van der Waals surface area contributed by atoms with Gasteiger partial charge in [-0.1, -0.05) is 18.2 Å². The van der Waals surface area contributed by atoms with Gasteiger partial charge in [0.05, 0.1) is 11.3 Å². The molecule has 0 atom stereocenters. The fourth-order valence-corrected chi connectivity index (χ4v) is 2.64. The first-order valence-electron chi connectivity index (χ1n) is 8.42. The number of benzene rings is 2. The molecule has 8 heteroatoms. The fraction of sp³-hybridized carbons (Fsp3) is 0.200. The van der Waals surface area contributed by atoms with Crippen LogP contribution in [0.3, 0.4) is 0 Å². The molecule has 0 bridgehead atoms. The van der Waals surface area contributed by atoms with Gasteiger partial charge in [0.1, 0.15) is 11.6 Å². The summed E-state index contributed by atoms with van der Waals surface area (Å²) in [5.74, 6) is -1.10. The zero-order chi connectivity index (χ0) is 20.3. The van der Waals surface area contributed by atoms with Crippen molar-refractivity contribution in [2.24, 2.45) is 0 Å². The van der Waals surface area contributed by atoms with Crippen molar-refractivity contribution in [3.05, 3.63) is 76.9 Å². The summed E-state index contributed by atoms with van der Waals surface area (Å²) in [7, 11) is 0. The van der Waals surface area contributed by atoms with Crippen LogP contribution in [0.25, 0.3) is 11.5 Å². The number of nitrogens with one attached hydrogen (secondary N) is 1. The molecule has 0 aliphatic rings. The molecule has 1 N–H and O–H groups in total. The van der Waals surface area contributed by atoms with E-state index in [4.69, 9.17) is 4.42 Å². The molecule has 4 nitrogen and oxygen atoms in total. The molecule has 0 saturated heterocycles. The van der Waals surface area contributed by atoms with Crippen LogP contribution in [0.1, 0.15) is 27.4 Å². The van der Waals surface area contributed by atoms with Gasteiger partial charge in [0.15, 0.2) is 0 Å². The Morgan fingerprint density at radius 3 is 2.54 bits per heavy atom. The molecule has 3 aromatic rings. The predicted molar refractivity (Wildman–Crippen MR) is 94.1 cm³/mol. The van der Waals surface area contributed by atoms with Crippen LogP contribution >= 0.6 is 0 Å². The van der Waals surface area contributed by atoms with E-state index in [9.17, 15) is 22.4 Å². The zero-order valence-electron chi connectivity index (χ0n) is 14.8. The van der Waals surface area contributed by atoms with Gasteiger partial charge >= 0.3 is 6.18 Å². The van der Waals surface area contributed by atoms with E-state index in [-0.39, 0.29) is 12.1 Å². The highest BCUT2D eigenvalue weighted by atomic mass is 19.4. The van der Waals surface area contributed by atoms with Gasteiger partial charge < -0.3 is 9.73 Å². The first-order valence-corrected chi connectivity index (χ1v) is 8.42. The van der Waals surface area contributed by atoms with Gasteiger partial charge in [-0.15, -0.1) is 0 Å². The highest BCUT2D eigenvalue weighted by Gasteiger charge is 2.34. The number of aryl methyl sites for hydroxylation is 1. The van der Waals surface area contributed by atoms with E-state index in [1.165, 1.54) is 0 Å². The molecule has 0 aliphatic heterocycles. The van der Waals surface area contributed by atoms with Crippen molar-refractivity contribution in [3.8, 4) is 11.5 Å². The lowest BCUT2D eigenvalue weighted by Crippen LogP contribution is -2.26. The van der Waals surface area contributed by atoms with E-state index in [1.54, 1.807) is 6.92 Å². The minimum absolute atomic E-state index is 0.138. The Labute approximate surface area is 158 Å². The van der Waals surface area contributed by atoms with Crippen molar-refractivity contribution in [2.75, 3.05) is 6.54 Å². The van der Waals surface area contributed by atoms with Gasteiger partial charge in [-0.25, -0.2) is 9.37 Å². The number of alkyl halides is 3. The van der Waals surface area contributed by atoms with Gasteiger partial charge in [-0.05, 0) is 37.3 Å². The summed E-state index contributed by atoms with van der Waals surface area (Å²) >= 11 is 0. The monoisotopic (exact) mass is 392 g/mol. The summed E-state index contributed by atoms with van der Waals surface area (Å²) in [5.41, 5.74) is -0.295. The third kappa shape index (κ3) is 4.39. The Morgan fingerprint density at radius 1 is 1.14 bits per heavy atom. The molecule has 0 fully saturated rings. The number of nitrogens with zero attached hydrogens (tertiary/aromatic N) is 1. The fourth-order valence-electron chi connectivity index (χ4n) is 2.64. The lowest BCUT2D eigenvalue weighted by atomic mass is 10.1. The molecule has 146 valence electrons. The number of oxazole rings is 1. The van der Waals surface area contributed by atoms with Gasteiger partial charge in [0.25, 0.3) is 5.91 Å². The third-order valence-corrected chi connectivity index (χ3v) is 4.09. The SMILES string of the molecule is Cc1oc(-c2ccccc2)nc1CCNC(=O)c1ccc(F)c(C(F)(F)F)c1. The van der Waals surface area contributed by atoms with Crippen LogP contribution < -0.4 is 5.32 Å². The Morgan fingerprint density at radius 2 is 1.86 bits per heavy atom. The smallest absolute Gasteiger partial charge is 0.419 e. The lowest BCUT2D eigenvalue weighted by molar-refractivity contribution is -0.140. The number of halogens is 4. The number of hydrogen-bond acceptors (Lipinski definition) is 3. The predicted octanol–water partition coefficient (Wildman–Crippen LogP) is 4.78. The second-order valence-corrected chi connectivity index (χ2v) is 6.09. The van der Waals surface area contributed by atoms with E-state index in [2.05, 4.69) is 10.3 Å². The van der Waals surface area contributed by atoms with Crippen LogP contribution in [0.15, 0.2) is 52.9 Å². The van der Waals surface area contributed by atoms with Crippen molar-refractivity contribution in [1.82, 2.24) is 10.3 Å². The summed E-state index contributed by atoms with van der Waals surface area (Å²) in [6, 6.07) is 11.4. The first-order chi connectivity index (χ1) is 13.3. The maximum atomic E-state index is 13.3. The van der Waals surface area contributed by atoms with Crippen molar-refractivity contribution in [3.63, 3.8) is 0 Å². The van der Waals surface area contributed by atoms with Crippen LogP contribution in [0.2, 0.25) is 0 Å². The first kappa shape index (κ1) is 19.6. The summed E-state index contributed by atoms with van der Waals surface area (Å²) in [6.07, 6.45) is -4.53. The topological polar surface area (TPSA) is 55.1 Å². The molecule has 2 aromatic carbocycles. The molecule has 1 heterocycles. The van der Waals surface area contributed by atoms with Crippen LogP contribution in [0.4, 0.5) is 17.6 Å². The highest BCUT2D eigenvalue weighted by molar-refractivity contribution is 5.94. The van der Waals surface area contributed by atoms with E-state index in [0.29, 0.717) is 35.9 Å². The molecule has 0 saturated carbocycles. The summed E-state index contributed by atoms with van der Waals surface area (Å²) in [6.45, 7) is 1.88. The van der Waals surface area contributed by atoms with Crippen LogP contribution in [0.5, 0.6) is 0 Å². The van der Waals surface area contributed by atoms with Crippen molar-refractivity contribution >= 4 is 5.91 Å². The molecule has 0 unspecified atom stereocenters. The third-order valence-electron chi connectivity index (χ3n) is 4.09. The zero-order valence-corrected chi connectivity index (χ0v) is 14.8. The second-order valence-electron chi connectivity index (χ2n) is 6.09. The van der Waals surface area contributed by atoms with E-state index >= 15 is 0 Å². The number of carbonyl (C=O) groups is 1. The van der Waals surface area contributed by atoms with Crippen LogP contribution in [-0.4, -0.2) is 17.4 Å². The molecule has 0 radical (unpaired) electrons. The van der Waals surface area contributed by atoms with E-state index in [1.807, 2.05) is 30.3 Å². The maximum absolute atomic E-state index is 13.3. The standard InChI is InChI=1S/C20H16F4N2O2/c1-12-17(26-19(28-12)13-5-3-2-4-6-13)9-10-25-18(27)14-7-8-16(21)15(11-14)20(22,23)24/h2-8,11H,9-10H2,1H3,(H,25,27). The Balaban J connectivity index is 1.64. The molecule has 3 rings (SSSR count). The summed E-state index contributed by atoms with van der Waals surface area (Å²) in [5, 5.41) is 2.51. The summed E-state index contributed by atoms with van der Waals surface area (Å²) in [4.78, 5) is 16.5. The number of aromatic nitrogens is 1. The number of rotatable bonds is 5. The minimum Gasteiger partial charge on any atom is -0.441 e. The quantitative estimate of drug-likeness (QED) is 0.636. The molecule has 0 spiro atoms. The molecule has 28 heavy (non-hydrogen) atoms. The Hall–Kier alpha value is -3.16. The molecule has 0 aliphatic carbocycles. The molecule has 1 amide bonds. The van der Waals surface area contributed by atoms with Gasteiger partial charge in [0.2, 0.25) is 5.89 Å². The van der Waals surface area contributed by atoms with Gasteiger partial charge in [0, 0.05) is 24.1 Å². The molecular weight excluding hydrogens is 376 g/mol. The highest BCUT2D eigenvalue weighted by Crippen LogP contribution is 2.31. The Bertz CT molecular complexity index is 982. The van der Waals surface area contributed by atoms with Crippen molar-refractivity contribution in [1.29, 1.82) is 0 Å².